The first-order chi connectivity index (χ1) is 7.93. The van der Waals surface area contributed by atoms with E-state index in [0.29, 0.717) is 6.42 Å². The minimum atomic E-state index is -0.757. The van der Waals surface area contributed by atoms with Crippen LogP contribution in [0.2, 0.25) is 0 Å². The van der Waals surface area contributed by atoms with Crippen LogP contribution in [0.25, 0.3) is 0 Å². The quantitative estimate of drug-likeness (QED) is 0.826. The van der Waals surface area contributed by atoms with E-state index in [1.54, 1.807) is 7.11 Å². The number of carboxylic acids is 1. The zero-order valence-corrected chi connectivity index (χ0v) is 10.7. The van der Waals surface area contributed by atoms with Crippen molar-refractivity contribution in [1.82, 2.24) is 0 Å². The molecule has 0 fully saturated rings. The maximum atomic E-state index is 10.5. The predicted octanol–water partition coefficient (Wildman–Crippen LogP) is 2.67. The zero-order chi connectivity index (χ0) is 12.9. The Hall–Kier alpha value is -1.35. The SMILES string of the molecule is COC(C)(C)Cc1cccc(CCC(=O)O)c1. The number of carbonyl (C=O) groups is 1. The Kier molecular flexibility index (Phi) is 4.70. The average molecular weight is 236 g/mol. The minimum absolute atomic E-state index is 0.178. The van der Waals surface area contributed by atoms with Gasteiger partial charge in [0.05, 0.1) is 5.60 Å². The first kappa shape index (κ1) is 13.7. The molecule has 0 atom stereocenters. The molecule has 0 heterocycles. The van der Waals surface area contributed by atoms with Crippen LogP contribution in [0.5, 0.6) is 0 Å². The minimum Gasteiger partial charge on any atom is -0.481 e. The number of hydrogen-bond donors (Lipinski definition) is 1. The highest BCUT2D eigenvalue weighted by Gasteiger charge is 2.16. The molecule has 94 valence electrons. The summed E-state index contributed by atoms with van der Waals surface area (Å²) in [6.07, 6.45) is 1.58. The zero-order valence-electron chi connectivity index (χ0n) is 10.7. The van der Waals surface area contributed by atoms with Crippen molar-refractivity contribution < 1.29 is 14.6 Å². The molecule has 1 aromatic carbocycles. The smallest absolute Gasteiger partial charge is 0.303 e. The van der Waals surface area contributed by atoms with E-state index in [2.05, 4.69) is 6.07 Å². The largest absolute Gasteiger partial charge is 0.481 e. The van der Waals surface area contributed by atoms with Gasteiger partial charge >= 0.3 is 5.97 Å². The molecule has 0 aliphatic rings. The molecule has 0 aliphatic carbocycles. The van der Waals surface area contributed by atoms with Crippen molar-refractivity contribution in [1.29, 1.82) is 0 Å². The van der Waals surface area contributed by atoms with Gasteiger partial charge in [-0.05, 0) is 31.4 Å². The lowest BCUT2D eigenvalue weighted by Gasteiger charge is -2.23. The van der Waals surface area contributed by atoms with Crippen molar-refractivity contribution in [3.8, 4) is 0 Å². The van der Waals surface area contributed by atoms with E-state index in [1.165, 1.54) is 5.56 Å². The third kappa shape index (κ3) is 5.00. The van der Waals surface area contributed by atoms with Crippen molar-refractivity contribution in [2.45, 2.75) is 38.7 Å². The maximum absolute atomic E-state index is 10.5. The van der Waals surface area contributed by atoms with E-state index in [1.807, 2.05) is 32.0 Å². The molecule has 0 radical (unpaired) electrons. The van der Waals surface area contributed by atoms with Gasteiger partial charge in [-0.25, -0.2) is 0 Å². The maximum Gasteiger partial charge on any atom is 0.303 e. The van der Waals surface area contributed by atoms with E-state index in [-0.39, 0.29) is 12.0 Å². The molecule has 0 aromatic heterocycles. The summed E-state index contributed by atoms with van der Waals surface area (Å²) in [5, 5.41) is 8.65. The van der Waals surface area contributed by atoms with Crippen LogP contribution in [0.4, 0.5) is 0 Å². The average Bonchev–Trinajstić information content (AvgIpc) is 2.26. The molecule has 1 N–H and O–H groups in total. The number of rotatable bonds is 6. The molecule has 0 saturated carbocycles. The highest BCUT2D eigenvalue weighted by Crippen LogP contribution is 2.17. The number of benzene rings is 1. The molecule has 0 amide bonds. The second kappa shape index (κ2) is 5.82. The molecule has 3 nitrogen and oxygen atoms in total. The van der Waals surface area contributed by atoms with Crippen LogP contribution in [0.3, 0.4) is 0 Å². The molecular weight excluding hydrogens is 216 g/mol. The summed E-state index contributed by atoms with van der Waals surface area (Å²) < 4.78 is 5.39. The summed E-state index contributed by atoms with van der Waals surface area (Å²) in [4.78, 5) is 10.5. The Bertz CT molecular complexity index is 383. The monoisotopic (exact) mass is 236 g/mol. The number of carboxylic acid groups (broad SMARTS) is 1. The molecule has 3 heteroatoms. The molecule has 0 aliphatic heterocycles. The Morgan fingerprint density at radius 3 is 2.59 bits per heavy atom. The van der Waals surface area contributed by atoms with E-state index in [4.69, 9.17) is 9.84 Å². The number of aryl methyl sites for hydroxylation is 1. The lowest BCUT2D eigenvalue weighted by atomic mass is 9.96. The van der Waals surface area contributed by atoms with Gasteiger partial charge in [0, 0.05) is 20.0 Å². The topological polar surface area (TPSA) is 46.5 Å². The first-order valence-corrected chi connectivity index (χ1v) is 5.78. The Balaban J connectivity index is 2.69. The third-order valence-electron chi connectivity index (χ3n) is 2.80. The van der Waals surface area contributed by atoms with E-state index >= 15 is 0 Å². The van der Waals surface area contributed by atoms with Crippen LogP contribution in [0.1, 0.15) is 31.4 Å². The van der Waals surface area contributed by atoms with Crippen LogP contribution in [0, 0.1) is 0 Å². The van der Waals surface area contributed by atoms with Crippen molar-refractivity contribution in [3.05, 3.63) is 35.4 Å². The summed E-state index contributed by atoms with van der Waals surface area (Å²) in [6, 6.07) is 8.04. The fourth-order valence-corrected chi connectivity index (χ4v) is 1.71. The van der Waals surface area contributed by atoms with Gasteiger partial charge in [-0.3, -0.25) is 4.79 Å². The predicted molar refractivity (Wildman–Crippen MR) is 67.2 cm³/mol. The normalized spacial score (nSPS) is 11.5. The number of ether oxygens (including phenoxy) is 1. The van der Waals surface area contributed by atoms with Gasteiger partial charge in [0.25, 0.3) is 0 Å². The lowest BCUT2D eigenvalue weighted by molar-refractivity contribution is -0.136. The van der Waals surface area contributed by atoms with Gasteiger partial charge in [-0.15, -0.1) is 0 Å². The Morgan fingerprint density at radius 1 is 1.35 bits per heavy atom. The van der Waals surface area contributed by atoms with Gasteiger partial charge in [-0.2, -0.15) is 0 Å². The Labute approximate surface area is 102 Å². The summed E-state index contributed by atoms with van der Waals surface area (Å²) >= 11 is 0. The van der Waals surface area contributed by atoms with Crippen molar-refractivity contribution >= 4 is 5.97 Å². The fraction of sp³-hybridized carbons (Fsp3) is 0.500. The van der Waals surface area contributed by atoms with E-state index < -0.39 is 5.97 Å². The summed E-state index contributed by atoms with van der Waals surface area (Å²) in [6.45, 7) is 4.08. The summed E-state index contributed by atoms with van der Waals surface area (Å²) in [5.41, 5.74) is 2.06. The highest BCUT2D eigenvalue weighted by molar-refractivity contribution is 5.67. The second-order valence-corrected chi connectivity index (χ2v) is 4.85. The van der Waals surface area contributed by atoms with Crippen molar-refractivity contribution in [2.24, 2.45) is 0 Å². The van der Waals surface area contributed by atoms with Crippen molar-refractivity contribution in [2.75, 3.05) is 7.11 Å². The molecular formula is C14H20O3. The van der Waals surface area contributed by atoms with Gasteiger partial charge in [0.1, 0.15) is 0 Å². The molecule has 1 aromatic rings. The first-order valence-electron chi connectivity index (χ1n) is 5.78. The highest BCUT2D eigenvalue weighted by atomic mass is 16.5. The number of aliphatic carboxylic acids is 1. The molecule has 17 heavy (non-hydrogen) atoms. The molecule has 0 spiro atoms. The molecule has 1 rings (SSSR count). The van der Waals surface area contributed by atoms with Crippen molar-refractivity contribution in [3.63, 3.8) is 0 Å². The summed E-state index contributed by atoms with van der Waals surface area (Å²) in [5.74, 6) is -0.757. The van der Waals surface area contributed by atoms with Gasteiger partial charge in [0.2, 0.25) is 0 Å². The third-order valence-corrected chi connectivity index (χ3v) is 2.80. The molecule has 0 bridgehead atoms. The standard InChI is InChI=1S/C14H20O3/c1-14(2,17-3)10-12-6-4-5-11(9-12)7-8-13(15)16/h4-6,9H,7-8,10H2,1-3H3,(H,15,16). The van der Waals surface area contributed by atoms with Crippen LogP contribution in [-0.2, 0) is 22.4 Å². The van der Waals surface area contributed by atoms with E-state index in [9.17, 15) is 4.79 Å². The Morgan fingerprint density at radius 2 is 2.00 bits per heavy atom. The number of hydrogen-bond acceptors (Lipinski definition) is 2. The summed E-state index contributed by atoms with van der Waals surface area (Å²) in [7, 11) is 1.70. The van der Waals surface area contributed by atoms with Crippen LogP contribution < -0.4 is 0 Å². The lowest BCUT2D eigenvalue weighted by Crippen LogP contribution is -2.25. The van der Waals surface area contributed by atoms with Gasteiger partial charge in [0.15, 0.2) is 0 Å². The van der Waals surface area contributed by atoms with Gasteiger partial charge < -0.3 is 9.84 Å². The number of methoxy groups -OCH3 is 1. The van der Waals surface area contributed by atoms with Crippen LogP contribution in [0.15, 0.2) is 24.3 Å². The molecule has 0 unspecified atom stereocenters. The van der Waals surface area contributed by atoms with Gasteiger partial charge in [-0.1, -0.05) is 24.3 Å². The van der Waals surface area contributed by atoms with Crippen LogP contribution >= 0.6 is 0 Å². The fourth-order valence-electron chi connectivity index (χ4n) is 1.71. The molecule has 0 saturated heterocycles. The van der Waals surface area contributed by atoms with Crippen LogP contribution in [-0.4, -0.2) is 23.8 Å². The van der Waals surface area contributed by atoms with E-state index in [0.717, 1.165) is 12.0 Å². The second-order valence-electron chi connectivity index (χ2n) is 4.85.